The molecule has 0 radical (unpaired) electrons. The van der Waals surface area contributed by atoms with Gasteiger partial charge >= 0.3 is 0 Å². The van der Waals surface area contributed by atoms with Gasteiger partial charge in [0.05, 0.1) is 11.6 Å². The summed E-state index contributed by atoms with van der Waals surface area (Å²) in [5.41, 5.74) is 6.39. The monoisotopic (exact) mass is 191 g/mol. The van der Waals surface area contributed by atoms with Gasteiger partial charge in [-0.05, 0) is 29.5 Å². The predicted molar refractivity (Wildman–Crippen MR) is 48.8 cm³/mol. The largest absolute Gasteiger partial charge is 0.321 e. The Labute approximate surface area is 79.7 Å². The van der Waals surface area contributed by atoms with Crippen molar-refractivity contribution in [2.75, 3.05) is 0 Å². The first kappa shape index (κ1) is 8.76. The number of nitrogens with two attached hydrogens (primary N) is 1. The second kappa shape index (κ2) is 3.15. The molecule has 2 aromatic rings. The molecular weight excluding hydrogens is 182 g/mol. The first-order valence-electron chi connectivity index (χ1n) is 4.16. The summed E-state index contributed by atoms with van der Waals surface area (Å²) in [6.45, 7) is 1.63. The highest BCUT2D eigenvalue weighted by Gasteiger charge is 2.15. The van der Waals surface area contributed by atoms with Crippen LogP contribution in [0.2, 0.25) is 0 Å². The van der Waals surface area contributed by atoms with Crippen molar-refractivity contribution >= 4 is 11.4 Å². The van der Waals surface area contributed by atoms with E-state index in [0.29, 0.717) is 11.2 Å². The molecular formula is C8H9N5O. The Morgan fingerprint density at radius 1 is 1.64 bits per heavy atom. The van der Waals surface area contributed by atoms with E-state index in [2.05, 4.69) is 15.5 Å². The molecule has 0 saturated heterocycles. The minimum Gasteiger partial charge on any atom is -0.321 e. The number of rotatable bonds is 2. The fourth-order valence-electron chi connectivity index (χ4n) is 1.20. The smallest absolute Gasteiger partial charge is 0.190 e. The molecule has 1 atom stereocenters. The van der Waals surface area contributed by atoms with Gasteiger partial charge in [-0.25, -0.2) is 0 Å². The molecule has 2 heterocycles. The van der Waals surface area contributed by atoms with Crippen LogP contribution < -0.4 is 5.73 Å². The van der Waals surface area contributed by atoms with Gasteiger partial charge in [0, 0.05) is 6.20 Å². The van der Waals surface area contributed by atoms with Gasteiger partial charge in [0.2, 0.25) is 0 Å². The average molecular weight is 191 g/mol. The van der Waals surface area contributed by atoms with Crippen molar-refractivity contribution in [2.24, 2.45) is 5.73 Å². The van der Waals surface area contributed by atoms with Gasteiger partial charge in [0.25, 0.3) is 0 Å². The summed E-state index contributed by atoms with van der Waals surface area (Å²) in [6, 6.07) is 2.83. The van der Waals surface area contributed by atoms with E-state index in [1.54, 1.807) is 25.3 Å². The number of pyridine rings is 1. The molecule has 0 spiro atoms. The van der Waals surface area contributed by atoms with Crippen molar-refractivity contribution in [2.45, 2.75) is 13.0 Å². The van der Waals surface area contributed by atoms with Gasteiger partial charge in [0.15, 0.2) is 11.4 Å². The molecule has 2 N–H and O–H groups in total. The molecule has 6 heteroatoms. The normalized spacial score (nSPS) is 13.0. The summed E-state index contributed by atoms with van der Waals surface area (Å²) in [7, 11) is 0. The van der Waals surface area contributed by atoms with Crippen LogP contribution in [0.4, 0.5) is 0 Å². The van der Waals surface area contributed by atoms with Crippen LogP contribution in [0.1, 0.15) is 17.3 Å². The van der Waals surface area contributed by atoms with E-state index >= 15 is 0 Å². The quantitative estimate of drug-likeness (QED) is 0.656. The van der Waals surface area contributed by atoms with Crippen LogP contribution >= 0.6 is 0 Å². The molecule has 72 valence electrons. The second-order valence-corrected chi connectivity index (χ2v) is 3.02. The number of hydrogen-bond acceptors (Lipinski definition) is 5. The van der Waals surface area contributed by atoms with Gasteiger partial charge < -0.3 is 5.73 Å². The zero-order valence-electron chi connectivity index (χ0n) is 7.58. The summed E-state index contributed by atoms with van der Waals surface area (Å²) in [6.07, 6.45) is 1.67. The Morgan fingerprint density at radius 3 is 3.14 bits per heavy atom. The molecule has 0 fully saturated rings. The van der Waals surface area contributed by atoms with Crippen LogP contribution in [0, 0.1) is 0 Å². The lowest BCUT2D eigenvalue weighted by Gasteiger charge is -2.03. The minimum absolute atomic E-state index is 0.162. The number of hydrogen-bond donors (Lipinski definition) is 1. The molecule has 0 bridgehead atoms. The number of fused-ring (bicyclic) bond motifs is 1. The molecule has 0 aromatic carbocycles. The van der Waals surface area contributed by atoms with Gasteiger partial charge in [0.1, 0.15) is 0 Å². The van der Waals surface area contributed by atoms with Crippen LogP contribution in [0.5, 0.6) is 0 Å². The van der Waals surface area contributed by atoms with E-state index in [1.807, 2.05) is 0 Å². The van der Waals surface area contributed by atoms with Gasteiger partial charge in [-0.15, -0.1) is 5.10 Å². The third-order valence-electron chi connectivity index (χ3n) is 1.90. The average Bonchev–Trinajstić information content (AvgIpc) is 2.63. The number of ketones is 1. The molecule has 1 unspecified atom stereocenters. The van der Waals surface area contributed by atoms with Gasteiger partial charge in [-0.1, -0.05) is 0 Å². The summed E-state index contributed by atoms with van der Waals surface area (Å²) in [5.74, 6) is -0.162. The Hall–Kier alpha value is -1.82. The SMILES string of the molecule is CC(N)C(=O)c1cccn2nnnc12. The maximum atomic E-state index is 11.6. The van der Waals surface area contributed by atoms with Crippen LogP contribution in [0.25, 0.3) is 5.65 Å². The fourth-order valence-corrected chi connectivity index (χ4v) is 1.20. The summed E-state index contributed by atoms with van der Waals surface area (Å²) in [4.78, 5) is 11.6. The number of carbonyl (C=O) groups is 1. The number of carbonyl (C=O) groups excluding carboxylic acids is 1. The van der Waals surface area contributed by atoms with E-state index in [1.165, 1.54) is 4.52 Å². The molecule has 2 aromatic heterocycles. The van der Waals surface area contributed by atoms with Crippen LogP contribution in [0.15, 0.2) is 18.3 Å². The van der Waals surface area contributed by atoms with Crippen molar-refractivity contribution in [3.63, 3.8) is 0 Å². The highest BCUT2D eigenvalue weighted by atomic mass is 16.1. The highest BCUT2D eigenvalue weighted by molar-refractivity contribution is 6.04. The number of Topliss-reactive ketones (excluding diaryl/α,β-unsaturated/α-hetero) is 1. The lowest BCUT2D eigenvalue weighted by molar-refractivity contribution is 0.0969. The van der Waals surface area contributed by atoms with Crippen molar-refractivity contribution in [3.8, 4) is 0 Å². The van der Waals surface area contributed by atoms with Crippen LogP contribution in [0.3, 0.4) is 0 Å². The maximum Gasteiger partial charge on any atom is 0.190 e. The summed E-state index contributed by atoms with van der Waals surface area (Å²) in [5, 5.41) is 10.9. The van der Waals surface area contributed by atoms with E-state index in [4.69, 9.17) is 5.73 Å². The van der Waals surface area contributed by atoms with Crippen molar-refractivity contribution in [1.29, 1.82) is 0 Å². The fraction of sp³-hybridized carbons (Fsp3) is 0.250. The number of tetrazole rings is 1. The Bertz CT molecular complexity index is 475. The second-order valence-electron chi connectivity index (χ2n) is 3.02. The lowest BCUT2D eigenvalue weighted by Crippen LogP contribution is -2.27. The molecule has 2 rings (SSSR count). The van der Waals surface area contributed by atoms with Crippen molar-refractivity contribution in [3.05, 3.63) is 23.9 Å². The molecule has 0 aliphatic heterocycles. The molecule has 0 saturated carbocycles. The molecule has 14 heavy (non-hydrogen) atoms. The topological polar surface area (TPSA) is 86.2 Å². The zero-order chi connectivity index (χ0) is 10.1. The van der Waals surface area contributed by atoms with E-state index in [-0.39, 0.29) is 5.78 Å². The molecule has 0 aliphatic carbocycles. The van der Waals surface area contributed by atoms with E-state index in [0.717, 1.165) is 0 Å². The van der Waals surface area contributed by atoms with Crippen molar-refractivity contribution < 1.29 is 4.79 Å². The predicted octanol–water partition coefficient (Wildman–Crippen LogP) is -0.346. The first-order chi connectivity index (χ1) is 6.70. The third-order valence-corrected chi connectivity index (χ3v) is 1.90. The minimum atomic E-state index is -0.544. The van der Waals surface area contributed by atoms with Crippen LogP contribution in [-0.4, -0.2) is 31.9 Å². The molecule has 0 amide bonds. The zero-order valence-corrected chi connectivity index (χ0v) is 7.58. The van der Waals surface area contributed by atoms with Gasteiger partial charge in [-0.3, -0.25) is 4.79 Å². The Kier molecular flexibility index (Phi) is 1.97. The Balaban J connectivity index is 2.62. The molecule has 6 nitrogen and oxygen atoms in total. The van der Waals surface area contributed by atoms with E-state index in [9.17, 15) is 4.79 Å². The Morgan fingerprint density at radius 2 is 2.43 bits per heavy atom. The number of nitrogens with zero attached hydrogens (tertiary/aromatic N) is 4. The maximum absolute atomic E-state index is 11.6. The summed E-state index contributed by atoms with van der Waals surface area (Å²) < 4.78 is 1.44. The first-order valence-corrected chi connectivity index (χ1v) is 4.16. The molecule has 0 aliphatic rings. The highest BCUT2D eigenvalue weighted by Crippen LogP contribution is 2.08. The van der Waals surface area contributed by atoms with Crippen LogP contribution in [-0.2, 0) is 0 Å². The lowest BCUT2D eigenvalue weighted by atomic mass is 10.1. The van der Waals surface area contributed by atoms with E-state index < -0.39 is 6.04 Å². The standard InChI is InChI=1S/C8H9N5O/c1-5(9)7(14)6-3-2-4-13-8(6)10-11-12-13/h2-5H,9H2,1H3. The van der Waals surface area contributed by atoms with Gasteiger partial charge in [-0.2, -0.15) is 4.52 Å². The number of aromatic nitrogens is 4. The van der Waals surface area contributed by atoms with Crippen molar-refractivity contribution in [1.82, 2.24) is 20.0 Å². The summed E-state index contributed by atoms with van der Waals surface area (Å²) >= 11 is 0. The third kappa shape index (κ3) is 1.25.